The molecule has 6 amide bonds. The molecule has 3 unspecified atom stereocenters. The van der Waals surface area contributed by atoms with Gasteiger partial charge in [0.1, 0.15) is 18.8 Å². The van der Waals surface area contributed by atoms with Crippen molar-refractivity contribution >= 4 is 53.6 Å². The third kappa shape index (κ3) is 11.2. The molecule has 6 heterocycles. The van der Waals surface area contributed by atoms with Crippen LogP contribution in [0.1, 0.15) is 128 Å². The number of carbonyl (C=O) groups is 7. The van der Waals surface area contributed by atoms with Gasteiger partial charge in [0.05, 0.1) is 6.04 Å². The summed E-state index contributed by atoms with van der Waals surface area (Å²) in [5, 5.41) is 8.05. The minimum absolute atomic E-state index is 0. The molecule has 358 valence electrons. The SMILES string of the molecule is Cl.O=C(CF)c1ccccc1.O=C1CCC(N2Cc3cc(C4CCN(C(CF)c5ccccc5)CC4)ccc3C2=O)C(=O)N1.O=C1CCC(N2Cc3cc(C4CCNCC4)ccc3C2=O)C(=O)N1. The molecule has 3 N–H and O–H groups in total. The predicted octanol–water partition coefficient (Wildman–Crippen LogP) is 6.51. The van der Waals surface area contributed by atoms with E-state index >= 15 is 0 Å². The molecule has 0 aromatic heterocycles. The number of piperidine rings is 4. The lowest BCUT2D eigenvalue weighted by molar-refractivity contribution is -0.138. The fourth-order valence-corrected chi connectivity index (χ4v) is 10.2. The molecule has 6 aliphatic rings. The fraction of sp³-hybridized carbons (Fsp3) is 0.404. The zero-order valence-corrected chi connectivity index (χ0v) is 38.6. The summed E-state index contributed by atoms with van der Waals surface area (Å²) in [7, 11) is 0. The van der Waals surface area contributed by atoms with E-state index in [1.165, 1.54) is 11.1 Å². The highest BCUT2D eigenvalue weighted by molar-refractivity contribution is 6.06. The van der Waals surface area contributed by atoms with Crippen molar-refractivity contribution in [3.63, 3.8) is 0 Å². The number of hydrogen-bond donors (Lipinski definition) is 3. The van der Waals surface area contributed by atoms with Crippen molar-refractivity contribution in [3.8, 4) is 0 Å². The molecule has 16 heteroatoms. The second-order valence-electron chi connectivity index (χ2n) is 18.0. The van der Waals surface area contributed by atoms with Gasteiger partial charge in [0.2, 0.25) is 23.6 Å². The maximum atomic E-state index is 13.8. The number of ketones is 1. The number of nitrogens with one attached hydrogen (secondary N) is 3. The maximum Gasteiger partial charge on any atom is 0.255 e. The van der Waals surface area contributed by atoms with Crippen LogP contribution in [-0.4, -0.2) is 108 Å². The lowest BCUT2D eigenvalue weighted by atomic mass is 9.87. The molecule has 0 radical (unpaired) electrons. The Labute approximate surface area is 400 Å². The summed E-state index contributed by atoms with van der Waals surface area (Å²) < 4.78 is 25.6. The average molecular weight is 952 g/mol. The molecule has 4 aromatic rings. The molecule has 10 rings (SSSR count). The van der Waals surface area contributed by atoms with Crippen LogP contribution in [0.5, 0.6) is 0 Å². The van der Waals surface area contributed by atoms with E-state index in [0.29, 0.717) is 54.5 Å². The van der Waals surface area contributed by atoms with E-state index in [1.807, 2.05) is 48.5 Å². The van der Waals surface area contributed by atoms with Crippen molar-refractivity contribution in [2.75, 3.05) is 39.5 Å². The van der Waals surface area contributed by atoms with Crippen LogP contribution < -0.4 is 16.0 Å². The van der Waals surface area contributed by atoms with Crippen molar-refractivity contribution in [1.82, 2.24) is 30.7 Å². The van der Waals surface area contributed by atoms with Gasteiger partial charge in [-0.1, -0.05) is 84.9 Å². The van der Waals surface area contributed by atoms with E-state index in [9.17, 15) is 42.3 Å². The standard InChI is InChI=1S/C26H28FN3O3.C18H21N3O3.C8H7FO.ClH/c27-15-23(18-4-2-1-3-5-18)29-12-10-17(11-13-29)19-6-7-21-20(14-19)16-30(26(21)33)22-8-9-24(31)28-25(22)32;22-16-4-3-15(17(23)20-16)21-10-13-9-12(1-2-14(13)18(21)24)11-5-7-19-8-6-11;9-6-8(10)7-4-2-1-3-5-7;/h1-7,14,17,22-23H,8-13,15-16H2,(H,28,31,32);1-2,9,11,15,19H,3-8,10H2,(H,20,22,23);1-5H,6H2;1H. The maximum absolute atomic E-state index is 13.8. The Kier molecular flexibility index (Phi) is 16.6. The van der Waals surface area contributed by atoms with Gasteiger partial charge in [-0.3, -0.25) is 49.1 Å². The molecule has 0 spiro atoms. The van der Waals surface area contributed by atoms with Crippen LogP contribution >= 0.6 is 12.4 Å². The van der Waals surface area contributed by atoms with Crippen LogP contribution in [0.4, 0.5) is 8.78 Å². The first-order chi connectivity index (χ1) is 32.5. The van der Waals surface area contributed by atoms with E-state index in [2.05, 4.69) is 39.0 Å². The molecule has 4 saturated heterocycles. The number of carbonyl (C=O) groups excluding carboxylic acids is 7. The van der Waals surface area contributed by atoms with Crippen molar-refractivity contribution in [1.29, 1.82) is 0 Å². The number of imide groups is 2. The minimum Gasteiger partial charge on any atom is -0.322 e. The van der Waals surface area contributed by atoms with Gasteiger partial charge in [-0.15, -0.1) is 12.4 Å². The first kappa shape index (κ1) is 49.7. The Bertz CT molecular complexity index is 2500. The number of likely N-dealkylation sites (tertiary alicyclic amines) is 1. The minimum atomic E-state index is -0.913. The molecular formula is C52H57ClF2N6O7. The number of nitrogens with zero attached hydrogens (tertiary/aromatic N) is 3. The summed E-state index contributed by atoms with van der Waals surface area (Å²) in [5.74, 6) is -1.08. The fourth-order valence-electron chi connectivity index (χ4n) is 10.2. The summed E-state index contributed by atoms with van der Waals surface area (Å²) in [5.41, 5.74) is 7.21. The summed E-state index contributed by atoms with van der Waals surface area (Å²) in [6, 6.07) is 29.0. The Morgan fingerprint density at radius 2 is 1.07 bits per heavy atom. The molecule has 0 aliphatic carbocycles. The van der Waals surface area contributed by atoms with Gasteiger partial charge in [-0.05, 0) is 116 Å². The van der Waals surface area contributed by atoms with Crippen molar-refractivity contribution in [2.24, 2.45) is 0 Å². The Morgan fingerprint density at radius 3 is 1.53 bits per heavy atom. The Hall–Kier alpha value is -6.16. The van der Waals surface area contributed by atoms with Crippen LogP contribution in [0.25, 0.3) is 0 Å². The monoisotopic (exact) mass is 950 g/mol. The summed E-state index contributed by atoms with van der Waals surface area (Å²) in [4.78, 5) is 88.7. The molecule has 3 atom stereocenters. The third-order valence-electron chi connectivity index (χ3n) is 13.9. The van der Waals surface area contributed by atoms with Gasteiger partial charge >= 0.3 is 0 Å². The smallest absolute Gasteiger partial charge is 0.255 e. The Balaban J connectivity index is 0.000000170. The van der Waals surface area contributed by atoms with Gasteiger partial charge in [-0.2, -0.15) is 0 Å². The molecule has 0 saturated carbocycles. The van der Waals surface area contributed by atoms with E-state index in [-0.39, 0.29) is 66.7 Å². The zero-order valence-electron chi connectivity index (χ0n) is 37.8. The molecule has 0 bridgehead atoms. The van der Waals surface area contributed by atoms with E-state index in [0.717, 1.165) is 68.6 Å². The quantitative estimate of drug-likeness (QED) is 0.125. The van der Waals surface area contributed by atoms with Gasteiger partial charge < -0.3 is 15.1 Å². The highest BCUT2D eigenvalue weighted by Gasteiger charge is 2.41. The van der Waals surface area contributed by atoms with Crippen LogP contribution in [0.15, 0.2) is 97.1 Å². The summed E-state index contributed by atoms with van der Waals surface area (Å²) >= 11 is 0. The highest BCUT2D eigenvalue weighted by atomic mass is 35.5. The number of halogens is 3. The average Bonchev–Trinajstić information content (AvgIpc) is 3.87. The van der Waals surface area contributed by atoms with Crippen molar-refractivity contribution in [2.45, 2.75) is 94.4 Å². The lowest BCUT2D eigenvalue weighted by Gasteiger charge is -2.37. The number of rotatable bonds is 9. The number of alkyl halides is 2. The number of Topliss-reactive ketones (excluding diaryl/α,β-unsaturated/α-hetero) is 1. The van der Waals surface area contributed by atoms with Gasteiger partial charge in [0.25, 0.3) is 11.8 Å². The summed E-state index contributed by atoms with van der Waals surface area (Å²) in [6.45, 7) is 3.26. The summed E-state index contributed by atoms with van der Waals surface area (Å²) in [6.07, 6.45) is 5.42. The van der Waals surface area contributed by atoms with E-state index in [4.69, 9.17) is 0 Å². The first-order valence-corrected chi connectivity index (χ1v) is 23.3. The second kappa shape index (κ2) is 22.8. The topological polar surface area (TPSA) is 165 Å². The molecule has 13 nitrogen and oxygen atoms in total. The van der Waals surface area contributed by atoms with Crippen LogP contribution in [0, 0.1) is 0 Å². The van der Waals surface area contributed by atoms with Gasteiger partial charge in [-0.25, -0.2) is 8.78 Å². The molecule has 6 aliphatic heterocycles. The second-order valence-corrected chi connectivity index (χ2v) is 18.0. The number of benzene rings is 4. The molecular weight excluding hydrogens is 894 g/mol. The zero-order chi connectivity index (χ0) is 47.0. The predicted molar refractivity (Wildman–Crippen MR) is 253 cm³/mol. The number of hydrogen-bond acceptors (Lipinski definition) is 9. The molecule has 4 aromatic carbocycles. The normalized spacial score (nSPS) is 21.3. The van der Waals surface area contributed by atoms with Crippen LogP contribution in [0.3, 0.4) is 0 Å². The van der Waals surface area contributed by atoms with Gasteiger partial charge in [0, 0.05) is 42.6 Å². The van der Waals surface area contributed by atoms with E-state index < -0.39 is 31.2 Å². The van der Waals surface area contributed by atoms with E-state index in [1.54, 1.807) is 40.1 Å². The highest BCUT2D eigenvalue weighted by Crippen LogP contribution is 2.36. The molecule has 4 fully saturated rings. The lowest BCUT2D eigenvalue weighted by Crippen LogP contribution is -2.52. The number of amides is 6. The van der Waals surface area contributed by atoms with Crippen LogP contribution in [-0.2, 0) is 32.3 Å². The van der Waals surface area contributed by atoms with Crippen LogP contribution in [0.2, 0.25) is 0 Å². The first-order valence-electron chi connectivity index (χ1n) is 23.3. The number of fused-ring (bicyclic) bond motifs is 2. The largest absolute Gasteiger partial charge is 0.322 e. The Morgan fingerprint density at radius 1 is 0.603 bits per heavy atom. The van der Waals surface area contributed by atoms with Crippen molar-refractivity contribution in [3.05, 3.63) is 142 Å². The van der Waals surface area contributed by atoms with Crippen molar-refractivity contribution < 1.29 is 42.3 Å². The third-order valence-corrected chi connectivity index (χ3v) is 13.9. The van der Waals surface area contributed by atoms with Gasteiger partial charge in [0.15, 0.2) is 12.5 Å². The molecule has 68 heavy (non-hydrogen) atoms.